The number of hydrogen-bond donors (Lipinski definition) is 0. The van der Waals surface area contributed by atoms with Crippen LogP contribution in [0.4, 0.5) is 0 Å². The van der Waals surface area contributed by atoms with E-state index < -0.39 is 0 Å². The summed E-state index contributed by atoms with van der Waals surface area (Å²) in [7, 11) is 0. The Morgan fingerprint density at radius 1 is 0.186 bits per heavy atom. The minimum atomic E-state index is 0.353. The van der Waals surface area contributed by atoms with Crippen LogP contribution in [-0.2, 0) is 0 Å². The van der Waals surface area contributed by atoms with Crippen molar-refractivity contribution in [3.8, 4) is 0 Å². The minimum Gasteiger partial charge on any atom is -0.0654 e. The second kappa shape index (κ2) is 42.8. The van der Waals surface area contributed by atoms with Crippen molar-refractivity contribution in [3.05, 3.63) is 0 Å². The van der Waals surface area contributed by atoms with Crippen LogP contribution in [0.5, 0.6) is 0 Å². The third kappa shape index (κ3) is 42.8. The maximum absolute atomic E-state index is 2.31. The molecule has 0 radical (unpaired) electrons. The predicted octanol–water partition coefficient (Wildman–Crippen LogP) is 16.4. The topological polar surface area (TPSA) is 0 Å². The summed E-state index contributed by atoms with van der Waals surface area (Å²) in [4.78, 5) is 0. The van der Waals surface area contributed by atoms with Gasteiger partial charge in [0.1, 0.15) is 0 Å². The van der Waals surface area contributed by atoms with E-state index in [1.54, 1.807) is 21.8 Å². The Kier molecular flexibility index (Phi) is 43.6. The van der Waals surface area contributed by atoms with E-state index in [0.717, 1.165) is 0 Å². The van der Waals surface area contributed by atoms with Crippen molar-refractivity contribution < 1.29 is 0 Å². The first-order valence-corrected chi connectivity index (χ1v) is 24.3. The average molecular weight is 719 g/mol. The molecule has 0 nitrogen and oxygen atoms in total. The predicted molar refractivity (Wildman–Crippen MR) is 202 cm³/mol. The minimum absolute atomic E-state index is 0.353. The smallest absolute Gasteiger partial charge is 0.0654 e. The molecule has 0 aliphatic carbocycles. The van der Waals surface area contributed by atoms with Gasteiger partial charge in [-0.05, 0) is 0 Å². The Bertz CT molecular complexity index is 406. The molecule has 1 heteroatoms. The van der Waals surface area contributed by atoms with Crippen molar-refractivity contribution in [2.75, 3.05) is 0 Å². The zero-order valence-corrected chi connectivity index (χ0v) is 33.0. The summed E-state index contributed by atoms with van der Waals surface area (Å²) in [6.45, 7) is 4.62. The summed E-state index contributed by atoms with van der Waals surface area (Å²) in [5, 5.41) is 0. The molecule has 260 valence electrons. The van der Waals surface area contributed by atoms with Crippen LogP contribution in [-0.4, -0.2) is 20.9 Å². The molecule has 0 saturated carbocycles. The van der Waals surface area contributed by atoms with Crippen LogP contribution in [0.1, 0.15) is 258 Å². The summed E-state index contributed by atoms with van der Waals surface area (Å²) in [5.74, 6) is 0. The molecule has 0 atom stereocenters. The van der Waals surface area contributed by atoms with Gasteiger partial charge in [0.05, 0.1) is 0 Å². The Balaban J connectivity index is 3.02. The van der Waals surface area contributed by atoms with E-state index >= 15 is 0 Å². The Morgan fingerprint density at radius 3 is 0.488 bits per heavy atom. The molecule has 0 unspecified atom stereocenters. The van der Waals surface area contributed by atoms with Crippen LogP contribution >= 0.6 is 0 Å². The Labute approximate surface area is 286 Å². The van der Waals surface area contributed by atoms with Gasteiger partial charge >= 0.3 is 171 Å². The van der Waals surface area contributed by atoms with Crippen molar-refractivity contribution in [2.45, 2.75) is 267 Å². The monoisotopic (exact) mass is 721 g/mol. The molecule has 0 heterocycles. The molecule has 43 heavy (non-hydrogen) atoms. The fraction of sp³-hybridized carbons (Fsp3) is 1.00. The standard InChI is InChI=1S/C42H86Te/c1-3-5-7-9-11-13-15-17-19-21-23-25-27-29-31-33-35-37-39-41-43-42-40-38-36-34-32-30-28-26-24-22-20-18-16-14-12-10-8-6-4-2/h3-42H2,1-2H3. The van der Waals surface area contributed by atoms with Crippen LogP contribution in [0.2, 0.25) is 8.94 Å². The first-order valence-electron chi connectivity index (χ1n) is 21.0. The number of unbranched alkanes of at least 4 members (excludes halogenated alkanes) is 36. The second-order valence-corrected chi connectivity index (χ2v) is 17.8. The van der Waals surface area contributed by atoms with Gasteiger partial charge in [-0.2, -0.15) is 0 Å². The van der Waals surface area contributed by atoms with Crippen LogP contribution in [0.3, 0.4) is 0 Å². The molecule has 0 bridgehead atoms. The molecule has 0 aliphatic rings. The molecular formula is C42H86Te. The van der Waals surface area contributed by atoms with Gasteiger partial charge in [-0.15, -0.1) is 0 Å². The summed E-state index contributed by atoms with van der Waals surface area (Å²) in [6.07, 6.45) is 56.7. The molecule has 0 amide bonds. The van der Waals surface area contributed by atoms with Gasteiger partial charge in [0.15, 0.2) is 0 Å². The quantitative estimate of drug-likeness (QED) is 0.0437. The molecule has 0 aromatic heterocycles. The third-order valence-corrected chi connectivity index (χ3v) is 13.1. The van der Waals surface area contributed by atoms with Gasteiger partial charge in [-0.25, -0.2) is 0 Å². The molecular weight excluding hydrogens is 632 g/mol. The molecule has 0 saturated heterocycles. The molecule has 0 aromatic carbocycles. The Morgan fingerprint density at radius 2 is 0.326 bits per heavy atom. The average Bonchev–Trinajstić information content (AvgIpc) is 3.02. The van der Waals surface area contributed by atoms with Gasteiger partial charge in [-0.3, -0.25) is 0 Å². The van der Waals surface area contributed by atoms with Gasteiger partial charge in [0.25, 0.3) is 0 Å². The van der Waals surface area contributed by atoms with Gasteiger partial charge in [-0.1, -0.05) is 117 Å². The van der Waals surface area contributed by atoms with E-state index in [9.17, 15) is 0 Å². The zero-order chi connectivity index (χ0) is 31.0. The first-order chi connectivity index (χ1) is 21.4. The fourth-order valence-electron chi connectivity index (χ4n) is 6.67. The van der Waals surface area contributed by atoms with Crippen LogP contribution in [0.25, 0.3) is 0 Å². The molecule has 0 rings (SSSR count). The van der Waals surface area contributed by atoms with Crippen LogP contribution in [0.15, 0.2) is 0 Å². The third-order valence-electron chi connectivity index (χ3n) is 9.78. The molecule has 0 N–H and O–H groups in total. The molecule has 0 aromatic rings. The van der Waals surface area contributed by atoms with Crippen LogP contribution in [0, 0.1) is 0 Å². The summed E-state index contributed by atoms with van der Waals surface area (Å²) >= 11 is 0.353. The van der Waals surface area contributed by atoms with E-state index in [1.165, 1.54) is 231 Å². The number of hydrogen-bond acceptors (Lipinski definition) is 0. The van der Waals surface area contributed by atoms with E-state index in [0.29, 0.717) is 20.9 Å². The van der Waals surface area contributed by atoms with E-state index in [2.05, 4.69) is 13.8 Å². The van der Waals surface area contributed by atoms with E-state index in [-0.39, 0.29) is 0 Å². The second-order valence-electron chi connectivity index (χ2n) is 14.3. The zero-order valence-electron chi connectivity index (χ0n) is 30.7. The molecule has 0 aliphatic heterocycles. The fourth-order valence-corrected chi connectivity index (χ4v) is 9.58. The van der Waals surface area contributed by atoms with Crippen LogP contribution < -0.4 is 0 Å². The van der Waals surface area contributed by atoms with E-state index in [4.69, 9.17) is 0 Å². The van der Waals surface area contributed by atoms with Gasteiger partial charge in [0.2, 0.25) is 0 Å². The maximum atomic E-state index is 2.31. The molecule has 0 spiro atoms. The van der Waals surface area contributed by atoms with Crippen molar-refractivity contribution in [3.63, 3.8) is 0 Å². The first kappa shape index (κ1) is 43.8. The summed E-state index contributed by atoms with van der Waals surface area (Å²) in [5.41, 5.74) is 0. The van der Waals surface area contributed by atoms with Crippen molar-refractivity contribution in [1.82, 2.24) is 0 Å². The summed E-state index contributed by atoms with van der Waals surface area (Å²) < 4.78 is 3.26. The molecule has 0 fully saturated rings. The van der Waals surface area contributed by atoms with Crippen molar-refractivity contribution in [2.24, 2.45) is 0 Å². The normalized spacial score (nSPS) is 11.6. The Hall–Kier alpha value is 0.790. The van der Waals surface area contributed by atoms with E-state index in [1.807, 2.05) is 0 Å². The SMILES string of the molecule is CCCCCCCCCCCCCCCCCCCCC[Te]CCCCCCCCCCCCCCCCCCCCC. The van der Waals surface area contributed by atoms with Gasteiger partial charge < -0.3 is 0 Å². The number of rotatable bonds is 40. The van der Waals surface area contributed by atoms with Crippen molar-refractivity contribution >= 4 is 20.9 Å². The van der Waals surface area contributed by atoms with Gasteiger partial charge in [0, 0.05) is 0 Å². The van der Waals surface area contributed by atoms with Crippen molar-refractivity contribution in [1.29, 1.82) is 0 Å². The summed E-state index contributed by atoms with van der Waals surface area (Å²) in [6, 6.07) is 0.